The first-order chi connectivity index (χ1) is 7.07. The van der Waals surface area contributed by atoms with Gasteiger partial charge in [0, 0.05) is 24.5 Å². The standard InChI is InChI=1S/C13H26N2/c1-6-7-8-13-14(11(2)3)9-10-15(13)12(4)5/h9-13H,6-8H2,1-5H3. The number of nitrogens with zero attached hydrogens (tertiary/aromatic N) is 2. The van der Waals surface area contributed by atoms with Gasteiger partial charge >= 0.3 is 0 Å². The molecule has 0 aromatic carbocycles. The van der Waals surface area contributed by atoms with Gasteiger partial charge < -0.3 is 9.80 Å². The molecule has 88 valence electrons. The molecule has 1 aliphatic rings. The summed E-state index contributed by atoms with van der Waals surface area (Å²) in [6, 6.07) is 1.21. The summed E-state index contributed by atoms with van der Waals surface area (Å²) in [7, 11) is 0. The van der Waals surface area contributed by atoms with Gasteiger partial charge in [-0.15, -0.1) is 0 Å². The van der Waals surface area contributed by atoms with Crippen molar-refractivity contribution in [1.29, 1.82) is 0 Å². The second-order valence-corrected chi connectivity index (χ2v) is 5.00. The number of hydrogen-bond acceptors (Lipinski definition) is 2. The summed E-state index contributed by atoms with van der Waals surface area (Å²) in [4.78, 5) is 4.96. The van der Waals surface area contributed by atoms with Gasteiger partial charge in [-0.25, -0.2) is 0 Å². The van der Waals surface area contributed by atoms with E-state index in [4.69, 9.17) is 0 Å². The summed E-state index contributed by atoms with van der Waals surface area (Å²) < 4.78 is 0. The van der Waals surface area contributed by atoms with E-state index in [9.17, 15) is 0 Å². The SMILES string of the molecule is CCCCC1N(C(C)C)C=CN1C(C)C. The molecule has 0 aliphatic carbocycles. The number of hydrogen-bond donors (Lipinski definition) is 0. The Morgan fingerprint density at radius 2 is 1.47 bits per heavy atom. The summed E-state index contributed by atoms with van der Waals surface area (Å²) in [5.41, 5.74) is 0. The Hall–Kier alpha value is -0.660. The van der Waals surface area contributed by atoms with E-state index in [0.717, 1.165) is 0 Å². The van der Waals surface area contributed by atoms with Crippen molar-refractivity contribution in [2.75, 3.05) is 0 Å². The molecule has 2 heteroatoms. The Balaban J connectivity index is 2.64. The smallest absolute Gasteiger partial charge is 0.101 e. The van der Waals surface area contributed by atoms with Crippen LogP contribution in [0.2, 0.25) is 0 Å². The fourth-order valence-electron chi connectivity index (χ4n) is 2.22. The molecule has 0 atom stereocenters. The molecule has 0 aromatic rings. The van der Waals surface area contributed by atoms with Crippen molar-refractivity contribution >= 4 is 0 Å². The van der Waals surface area contributed by atoms with Crippen molar-refractivity contribution in [1.82, 2.24) is 9.80 Å². The Kier molecular flexibility index (Phi) is 4.49. The molecule has 0 unspecified atom stereocenters. The zero-order chi connectivity index (χ0) is 11.4. The predicted molar refractivity (Wildman–Crippen MR) is 66.4 cm³/mol. The zero-order valence-corrected chi connectivity index (χ0v) is 10.9. The summed E-state index contributed by atoms with van der Waals surface area (Å²) >= 11 is 0. The maximum atomic E-state index is 2.48. The predicted octanol–water partition coefficient (Wildman–Crippen LogP) is 3.41. The summed E-state index contributed by atoms with van der Waals surface area (Å²) in [6.45, 7) is 11.3. The van der Waals surface area contributed by atoms with E-state index in [0.29, 0.717) is 18.2 Å². The van der Waals surface area contributed by atoms with E-state index in [1.807, 2.05) is 0 Å². The lowest BCUT2D eigenvalue weighted by Crippen LogP contribution is -2.44. The van der Waals surface area contributed by atoms with Crippen molar-refractivity contribution in [3.05, 3.63) is 12.4 Å². The molecule has 1 aliphatic heterocycles. The zero-order valence-electron chi connectivity index (χ0n) is 10.9. The minimum atomic E-state index is 0.588. The Bertz CT molecular complexity index is 191. The Morgan fingerprint density at radius 3 is 1.80 bits per heavy atom. The van der Waals surface area contributed by atoms with Crippen LogP contribution in [0.15, 0.2) is 12.4 Å². The van der Waals surface area contributed by atoms with Crippen LogP contribution in [0.5, 0.6) is 0 Å². The van der Waals surface area contributed by atoms with Crippen LogP contribution >= 0.6 is 0 Å². The fraction of sp³-hybridized carbons (Fsp3) is 0.846. The van der Waals surface area contributed by atoms with Crippen LogP contribution in [0, 0.1) is 0 Å². The maximum Gasteiger partial charge on any atom is 0.101 e. The summed E-state index contributed by atoms with van der Waals surface area (Å²) in [6.07, 6.45) is 8.98. The largest absolute Gasteiger partial charge is 0.354 e. The Labute approximate surface area is 94.9 Å². The first-order valence-corrected chi connectivity index (χ1v) is 6.31. The third-order valence-corrected chi connectivity index (χ3v) is 3.11. The maximum absolute atomic E-state index is 2.48. The van der Waals surface area contributed by atoms with Crippen LogP contribution < -0.4 is 0 Å². The molecule has 0 saturated heterocycles. The minimum Gasteiger partial charge on any atom is -0.354 e. The van der Waals surface area contributed by atoms with Crippen LogP contribution in [0.25, 0.3) is 0 Å². The second-order valence-electron chi connectivity index (χ2n) is 5.00. The number of rotatable bonds is 5. The van der Waals surface area contributed by atoms with Gasteiger partial charge in [0.15, 0.2) is 0 Å². The lowest BCUT2D eigenvalue weighted by molar-refractivity contribution is 0.0952. The molecule has 0 spiro atoms. The molecule has 0 aromatic heterocycles. The van der Waals surface area contributed by atoms with Crippen LogP contribution in [-0.4, -0.2) is 28.0 Å². The fourth-order valence-corrected chi connectivity index (χ4v) is 2.22. The average molecular weight is 210 g/mol. The van der Waals surface area contributed by atoms with Gasteiger partial charge in [0.25, 0.3) is 0 Å². The van der Waals surface area contributed by atoms with Gasteiger partial charge in [-0.1, -0.05) is 13.3 Å². The van der Waals surface area contributed by atoms with E-state index in [2.05, 4.69) is 56.8 Å². The van der Waals surface area contributed by atoms with E-state index < -0.39 is 0 Å². The molecule has 0 bridgehead atoms. The van der Waals surface area contributed by atoms with E-state index in [1.54, 1.807) is 0 Å². The van der Waals surface area contributed by atoms with Crippen molar-refractivity contribution in [2.45, 2.75) is 72.1 Å². The molecular formula is C13H26N2. The van der Waals surface area contributed by atoms with Crippen LogP contribution in [0.1, 0.15) is 53.9 Å². The van der Waals surface area contributed by atoms with E-state index in [-0.39, 0.29) is 0 Å². The minimum absolute atomic E-state index is 0.588. The van der Waals surface area contributed by atoms with Gasteiger partial charge in [0.05, 0.1) is 0 Å². The molecule has 2 nitrogen and oxygen atoms in total. The third-order valence-electron chi connectivity index (χ3n) is 3.11. The van der Waals surface area contributed by atoms with Gasteiger partial charge in [-0.2, -0.15) is 0 Å². The lowest BCUT2D eigenvalue weighted by Gasteiger charge is -2.37. The summed E-state index contributed by atoms with van der Waals surface area (Å²) in [5.74, 6) is 0. The molecular weight excluding hydrogens is 184 g/mol. The van der Waals surface area contributed by atoms with Crippen LogP contribution in [-0.2, 0) is 0 Å². The monoisotopic (exact) mass is 210 g/mol. The molecule has 0 fully saturated rings. The normalized spacial score (nSPS) is 17.5. The topological polar surface area (TPSA) is 6.48 Å². The first-order valence-electron chi connectivity index (χ1n) is 6.31. The summed E-state index contributed by atoms with van der Waals surface area (Å²) in [5, 5.41) is 0. The van der Waals surface area contributed by atoms with Crippen molar-refractivity contribution < 1.29 is 0 Å². The van der Waals surface area contributed by atoms with Crippen molar-refractivity contribution in [2.24, 2.45) is 0 Å². The van der Waals surface area contributed by atoms with E-state index in [1.165, 1.54) is 19.3 Å². The van der Waals surface area contributed by atoms with Crippen molar-refractivity contribution in [3.63, 3.8) is 0 Å². The molecule has 1 heterocycles. The highest BCUT2D eigenvalue weighted by Gasteiger charge is 2.28. The molecule has 15 heavy (non-hydrogen) atoms. The van der Waals surface area contributed by atoms with Gasteiger partial charge in [0.1, 0.15) is 6.17 Å². The second kappa shape index (κ2) is 5.43. The van der Waals surface area contributed by atoms with Crippen LogP contribution in [0.3, 0.4) is 0 Å². The highest BCUT2D eigenvalue weighted by Crippen LogP contribution is 2.24. The lowest BCUT2D eigenvalue weighted by atomic mass is 10.1. The van der Waals surface area contributed by atoms with Gasteiger partial charge in [-0.3, -0.25) is 0 Å². The average Bonchev–Trinajstić information content (AvgIpc) is 2.57. The van der Waals surface area contributed by atoms with Crippen LogP contribution in [0.4, 0.5) is 0 Å². The third kappa shape index (κ3) is 2.90. The molecule has 0 N–H and O–H groups in total. The quantitative estimate of drug-likeness (QED) is 0.686. The van der Waals surface area contributed by atoms with Crippen molar-refractivity contribution in [3.8, 4) is 0 Å². The first kappa shape index (κ1) is 12.4. The number of unbranched alkanes of at least 4 members (excludes halogenated alkanes) is 1. The molecule has 0 saturated carbocycles. The van der Waals surface area contributed by atoms with Gasteiger partial charge in [-0.05, 0) is 40.5 Å². The molecule has 1 rings (SSSR count). The Morgan fingerprint density at radius 1 is 1.00 bits per heavy atom. The van der Waals surface area contributed by atoms with E-state index >= 15 is 0 Å². The highest BCUT2D eigenvalue weighted by molar-refractivity contribution is 4.99. The molecule has 0 radical (unpaired) electrons. The molecule has 0 amide bonds. The highest BCUT2D eigenvalue weighted by atomic mass is 15.4. The van der Waals surface area contributed by atoms with Gasteiger partial charge in [0.2, 0.25) is 0 Å².